The molecule has 7 heteroatoms. The van der Waals surface area contributed by atoms with Crippen LogP contribution < -0.4 is 10.5 Å². The molecule has 0 fully saturated rings. The molecular weight excluding hydrogens is 334 g/mol. The van der Waals surface area contributed by atoms with Crippen molar-refractivity contribution in [1.82, 2.24) is 4.57 Å². The predicted octanol–water partition coefficient (Wildman–Crippen LogP) is 3.42. The second-order valence-electron chi connectivity index (χ2n) is 5.16. The summed E-state index contributed by atoms with van der Waals surface area (Å²) in [6.07, 6.45) is 0.564. The number of benzene rings is 2. The van der Waals surface area contributed by atoms with Crippen LogP contribution in [-0.4, -0.2) is 22.2 Å². The number of fused-ring (bicyclic) bond motifs is 1. The van der Waals surface area contributed by atoms with Crippen LogP contribution in [0.4, 0.5) is 0 Å². The highest BCUT2D eigenvalue weighted by atomic mass is 35.5. The van der Waals surface area contributed by atoms with Gasteiger partial charge in [0.05, 0.1) is 17.7 Å². The quantitative estimate of drug-likeness (QED) is 0.691. The summed E-state index contributed by atoms with van der Waals surface area (Å²) < 4.78 is 12.1. The number of ether oxygens (including phenoxy) is 1. The maximum absolute atomic E-state index is 11.9. The van der Waals surface area contributed by atoms with Crippen LogP contribution in [0.15, 0.2) is 51.7 Å². The minimum Gasteiger partial charge on any atom is -0.494 e. The number of aromatic nitrogens is 1. The van der Waals surface area contributed by atoms with E-state index in [1.165, 1.54) is 22.8 Å². The zero-order chi connectivity index (χ0) is 17.1. The number of oxazole rings is 1. The number of carboxylic acid groups (broad SMARTS) is 1. The van der Waals surface area contributed by atoms with Crippen molar-refractivity contribution in [2.75, 3.05) is 6.61 Å². The van der Waals surface area contributed by atoms with Gasteiger partial charge in [0.25, 0.3) is 0 Å². The summed E-state index contributed by atoms with van der Waals surface area (Å²) in [5.74, 6) is -0.876. The molecule has 0 aliphatic heterocycles. The van der Waals surface area contributed by atoms with Gasteiger partial charge >= 0.3 is 11.7 Å². The summed E-state index contributed by atoms with van der Waals surface area (Å²) in [6.45, 7) is 0.766. The fourth-order valence-corrected chi connectivity index (χ4v) is 2.48. The molecule has 124 valence electrons. The van der Waals surface area contributed by atoms with Crippen LogP contribution in [0, 0.1) is 0 Å². The van der Waals surface area contributed by atoms with E-state index in [0.29, 0.717) is 41.4 Å². The molecule has 0 saturated carbocycles. The first-order valence-electron chi connectivity index (χ1n) is 7.29. The molecule has 0 radical (unpaired) electrons. The molecule has 1 heterocycles. The third-order valence-corrected chi connectivity index (χ3v) is 3.77. The molecule has 3 rings (SSSR count). The molecule has 0 amide bonds. The molecule has 0 spiro atoms. The topological polar surface area (TPSA) is 81.7 Å². The highest BCUT2D eigenvalue weighted by Crippen LogP contribution is 2.17. The lowest BCUT2D eigenvalue weighted by atomic mass is 10.2. The van der Waals surface area contributed by atoms with Crippen molar-refractivity contribution in [3.05, 3.63) is 63.6 Å². The van der Waals surface area contributed by atoms with Crippen molar-refractivity contribution < 1.29 is 19.1 Å². The van der Waals surface area contributed by atoms with Gasteiger partial charge in [0.2, 0.25) is 0 Å². The molecule has 0 aliphatic carbocycles. The fraction of sp³-hybridized carbons (Fsp3) is 0.176. The van der Waals surface area contributed by atoms with E-state index in [1.54, 1.807) is 24.3 Å². The van der Waals surface area contributed by atoms with Crippen LogP contribution in [-0.2, 0) is 6.54 Å². The number of halogens is 1. The lowest BCUT2D eigenvalue weighted by Gasteiger charge is -2.06. The van der Waals surface area contributed by atoms with E-state index in [0.717, 1.165) is 0 Å². The van der Waals surface area contributed by atoms with Crippen LogP contribution in [0.5, 0.6) is 5.75 Å². The summed E-state index contributed by atoms with van der Waals surface area (Å²) in [5.41, 5.74) is 0.935. The molecule has 24 heavy (non-hydrogen) atoms. The van der Waals surface area contributed by atoms with Gasteiger partial charge in [-0.1, -0.05) is 11.6 Å². The van der Waals surface area contributed by atoms with E-state index in [4.69, 9.17) is 25.9 Å². The van der Waals surface area contributed by atoms with Crippen molar-refractivity contribution in [3.63, 3.8) is 0 Å². The molecule has 0 saturated heterocycles. The highest BCUT2D eigenvalue weighted by Gasteiger charge is 2.12. The monoisotopic (exact) mass is 347 g/mol. The molecule has 6 nitrogen and oxygen atoms in total. The number of carbonyl (C=O) groups is 1. The van der Waals surface area contributed by atoms with Gasteiger partial charge in [-0.2, -0.15) is 0 Å². The Morgan fingerprint density at radius 1 is 1.21 bits per heavy atom. The van der Waals surface area contributed by atoms with Crippen molar-refractivity contribution in [1.29, 1.82) is 0 Å². The largest absolute Gasteiger partial charge is 0.494 e. The number of nitrogens with zero attached hydrogens (tertiary/aromatic N) is 1. The normalized spacial score (nSPS) is 10.9. The molecule has 3 aromatic rings. The van der Waals surface area contributed by atoms with E-state index < -0.39 is 11.7 Å². The van der Waals surface area contributed by atoms with E-state index >= 15 is 0 Å². The zero-order valence-electron chi connectivity index (χ0n) is 12.6. The van der Waals surface area contributed by atoms with Gasteiger partial charge in [0.1, 0.15) is 5.75 Å². The van der Waals surface area contributed by atoms with Crippen LogP contribution in [0.1, 0.15) is 16.8 Å². The summed E-state index contributed by atoms with van der Waals surface area (Å²) in [5, 5.41) is 9.69. The van der Waals surface area contributed by atoms with Gasteiger partial charge in [-0.05, 0) is 48.9 Å². The third-order valence-electron chi connectivity index (χ3n) is 3.52. The minimum absolute atomic E-state index is 0.106. The van der Waals surface area contributed by atoms with E-state index in [1.807, 2.05) is 0 Å². The second kappa shape index (κ2) is 6.80. The third kappa shape index (κ3) is 3.44. The number of aryl methyl sites for hydroxylation is 1. The maximum Gasteiger partial charge on any atom is 0.419 e. The van der Waals surface area contributed by atoms with Crippen molar-refractivity contribution in [2.45, 2.75) is 13.0 Å². The lowest BCUT2D eigenvalue weighted by molar-refractivity contribution is 0.0697. The Kier molecular flexibility index (Phi) is 4.57. The molecule has 0 aliphatic rings. The van der Waals surface area contributed by atoms with Crippen LogP contribution >= 0.6 is 11.6 Å². The van der Waals surface area contributed by atoms with E-state index in [9.17, 15) is 9.59 Å². The SMILES string of the molecule is O=C(O)c1ccc2oc(=O)n(CCCOc3ccc(Cl)cc3)c2c1. The van der Waals surface area contributed by atoms with Crippen LogP contribution in [0.2, 0.25) is 5.02 Å². The summed E-state index contributed by atoms with van der Waals surface area (Å²) >= 11 is 5.80. The second-order valence-corrected chi connectivity index (χ2v) is 5.60. The molecule has 0 bridgehead atoms. The van der Waals surface area contributed by atoms with Crippen LogP contribution in [0.25, 0.3) is 11.1 Å². The minimum atomic E-state index is -1.05. The van der Waals surface area contributed by atoms with Crippen molar-refractivity contribution >= 4 is 28.7 Å². The van der Waals surface area contributed by atoms with Gasteiger partial charge in [0, 0.05) is 11.6 Å². The smallest absolute Gasteiger partial charge is 0.419 e. The Bertz CT molecular complexity index is 926. The summed E-state index contributed by atoms with van der Waals surface area (Å²) in [7, 11) is 0. The number of aromatic carboxylic acids is 1. The van der Waals surface area contributed by atoms with Gasteiger partial charge in [-0.25, -0.2) is 9.59 Å². The van der Waals surface area contributed by atoms with Crippen LogP contribution in [0.3, 0.4) is 0 Å². The Labute approximate surface area is 141 Å². The van der Waals surface area contributed by atoms with Gasteiger partial charge < -0.3 is 14.3 Å². The average Bonchev–Trinajstić information content (AvgIpc) is 2.88. The highest BCUT2D eigenvalue weighted by molar-refractivity contribution is 6.30. The lowest BCUT2D eigenvalue weighted by Crippen LogP contribution is -2.16. The van der Waals surface area contributed by atoms with Crippen molar-refractivity contribution in [2.24, 2.45) is 0 Å². The predicted molar refractivity (Wildman–Crippen MR) is 89.0 cm³/mol. The maximum atomic E-state index is 11.9. The average molecular weight is 348 g/mol. The number of hydrogen-bond acceptors (Lipinski definition) is 4. The van der Waals surface area contributed by atoms with Crippen molar-refractivity contribution in [3.8, 4) is 5.75 Å². The first-order valence-corrected chi connectivity index (χ1v) is 7.67. The molecule has 1 N–H and O–H groups in total. The molecule has 2 aromatic carbocycles. The Hall–Kier alpha value is -2.73. The number of hydrogen-bond donors (Lipinski definition) is 1. The summed E-state index contributed by atoms with van der Waals surface area (Å²) in [6, 6.07) is 11.3. The molecule has 0 unspecified atom stereocenters. The number of carboxylic acids is 1. The summed E-state index contributed by atoms with van der Waals surface area (Å²) in [4.78, 5) is 23.0. The first kappa shape index (κ1) is 16.1. The first-order chi connectivity index (χ1) is 11.5. The zero-order valence-corrected chi connectivity index (χ0v) is 13.3. The van der Waals surface area contributed by atoms with Gasteiger partial charge in [0.15, 0.2) is 5.58 Å². The fourth-order valence-electron chi connectivity index (χ4n) is 2.35. The standard InChI is InChI=1S/C17H14ClNO5/c18-12-3-5-13(6-4-12)23-9-1-8-19-14-10-11(16(20)21)2-7-15(14)24-17(19)22/h2-7,10H,1,8-9H2,(H,20,21). The number of rotatable bonds is 6. The molecule has 1 aromatic heterocycles. The molecule has 0 atom stereocenters. The van der Waals surface area contributed by atoms with Gasteiger partial charge in [-0.3, -0.25) is 4.57 Å². The van der Waals surface area contributed by atoms with E-state index in [-0.39, 0.29) is 5.56 Å². The van der Waals surface area contributed by atoms with E-state index in [2.05, 4.69) is 0 Å². The van der Waals surface area contributed by atoms with Gasteiger partial charge in [-0.15, -0.1) is 0 Å². The Morgan fingerprint density at radius 2 is 1.96 bits per heavy atom. The Morgan fingerprint density at radius 3 is 2.67 bits per heavy atom. The molecular formula is C17H14ClNO5. The Balaban J connectivity index is 1.69.